The lowest BCUT2D eigenvalue weighted by Crippen LogP contribution is -2.09. The van der Waals surface area contributed by atoms with Crippen molar-refractivity contribution in [1.82, 2.24) is 0 Å². The van der Waals surface area contributed by atoms with Crippen LogP contribution in [0.15, 0.2) is 48.5 Å². The molecule has 6 heteroatoms. The Labute approximate surface area is 113 Å². The van der Waals surface area contributed by atoms with Crippen LogP contribution in [0.3, 0.4) is 0 Å². The molecule has 0 radical (unpaired) electrons. The summed E-state index contributed by atoms with van der Waals surface area (Å²) in [5.74, 6) is -0.394. The smallest absolute Gasteiger partial charge is 0.345 e. The third-order valence-corrected chi connectivity index (χ3v) is 2.66. The number of esters is 1. The lowest BCUT2D eigenvalue weighted by molar-refractivity contribution is -0.384. The van der Waals surface area contributed by atoms with Crippen molar-refractivity contribution in [2.45, 2.75) is 0 Å². The van der Waals surface area contributed by atoms with E-state index in [4.69, 9.17) is 16.3 Å². The van der Waals surface area contributed by atoms with E-state index in [2.05, 4.69) is 0 Å². The standard InChI is InChI=1S/C13H8ClNO4/c14-12-7-6-9(15(17)18)8-11(12)13(16)19-10-4-2-1-3-5-10/h1-8H. The maximum atomic E-state index is 11.9. The van der Waals surface area contributed by atoms with E-state index in [0.717, 1.165) is 6.07 Å². The van der Waals surface area contributed by atoms with Gasteiger partial charge in [0.25, 0.3) is 5.69 Å². The molecule has 5 nitrogen and oxygen atoms in total. The van der Waals surface area contributed by atoms with Gasteiger partial charge in [0.15, 0.2) is 0 Å². The summed E-state index contributed by atoms with van der Waals surface area (Å²) in [7, 11) is 0. The second kappa shape index (κ2) is 5.49. The summed E-state index contributed by atoms with van der Waals surface area (Å²) >= 11 is 5.84. The Morgan fingerprint density at radius 3 is 2.47 bits per heavy atom. The molecule has 0 fully saturated rings. The molecule has 0 aliphatic rings. The summed E-state index contributed by atoms with van der Waals surface area (Å²) in [6.45, 7) is 0. The largest absolute Gasteiger partial charge is 0.423 e. The second-order valence-electron chi connectivity index (χ2n) is 3.62. The lowest BCUT2D eigenvalue weighted by atomic mass is 10.2. The van der Waals surface area contributed by atoms with Gasteiger partial charge < -0.3 is 4.74 Å². The number of non-ortho nitro benzene ring substituents is 1. The van der Waals surface area contributed by atoms with Crippen LogP contribution in [0.2, 0.25) is 5.02 Å². The minimum absolute atomic E-state index is 0.0419. The highest BCUT2D eigenvalue weighted by molar-refractivity contribution is 6.33. The Bertz CT molecular complexity index is 628. The van der Waals surface area contributed by atoms with Gasteiger partial charge in [-0.05, 0) is 18.2 Å². The Morgan fingerprint density at radius 1 is 1.16 bits per heavy atom. The minimum atomic E-state index is -0.736. The molecule has 2 rings (SSSR count). The van der Waals surface area contributed by atoms with Crippen molar-refractivity contribution in [3.05, 3.63) is 69.2 Å². The van der Waals surface area contributed by atoms with Crippen LogP contribution in [0.25, 0.3) is 0 Å². The molecule has 0 aliphatic carbocycles. The van der Waals surface area contributed by atoms with E-state index in [1.807, 2.05) is 0 Å². The van der Waals surface area contributed by atoms with Gasteiger partial charge in [-0.2, -0.15) is 0 Å². The SMILES string of the molecule is O=C(Oc1ccccc1)c1cc([N+](=O)[O-])ccc1Cl. The first-order valence-corrected chi connectivity index (χ1v) is 5.67. The maximum absolute atomic E-state index is 11.9. The van der Waals surface area contributed by atoms with Crippen molar-refractivity contribution >= 4 is 23.3 Å². The van der Waals surface area contributed by atoms with Crippen LogP contribution in [-0.4, -0.2) is 10.9 Å². The van der Waals surface area contributed by atoms with Gasteiger partial charge in [-0.25, -0.2) is 4.79 Å². The monoisotopic (exact) mass is 277 g/mol. The van der Waals surface area contributed by atoms with Crippen LogP contribution in [0.5, 0.6) is 5.75 Å². The maximum Gasteiger partial charge on any atom is 0.345 e. The number of hydrogen-bond acceptors (Lipinski definition) is 4. The fourth-order valence-electron chi connectivity index (χ4n) is 1.43. The molecular weight excluding hydrogens is 270 g/mol. The first-order chi connectivity index (χ1) is 9.08. The highest BCUT2D eigenvalue weighted by atomic mass is 35.5. The normalized spacial score (nSPS) is 9.95. The van der Waals surface area contributed by atoms with Gasteiger partial charge in [0.1, 0.15) is 5.75 Å². The molecule has 96 valence electrons. The molecule has 2 aromatic rings. The Hall–Kier alpha value is -2.40. The number of carbonyl (C=O) groups is 1. The quantitative estimate of drug-likeness (QED) is 0.373. The number of nitrogens with zero attached hydrogens (tertiary/aromatic N) is 1. The number of rotatable bonds is 3. The molecule has 0 aliphatic heterocycles. The van der Waals surface area contributed by atoms with E-state index in [0.29, 0.717) is 5.75 Å². The molecule has 0 atom stereocenters. The van der Waals surface area contributed by atoms with E-state index in [-0.39, 0.29) is 16.3 Å². The summed E-state index contributed by atoms with van der Waals surface area (Å²) < 4.78 is 5.07. The molecule has 0 unspecified atom stereocenters. The van der Waals surface area contributed by atoms with E-state index in [9.17, 15) is 14.9 Å². The first-order valence-electron chi connectivity index (χ1n) is 5.29. The summed E-state index contributed by atoms with van der Waals surface area (Å²) in [5, 5.41) is 10.8. The molecular formula is C13H8ClNO4. The van der Waals surface area contributed by atoms with Gasteiger partial charge in [0.05, 0.1) is 15.5 Å². The molecule has 0 N–H and O–H groups in total. The van der Waals surface area contributed by atoms with Crippen molar-refractivity contribution in [1.29, 1.82) is 0 Å². The zero-order valence-corrected chi connectivity index (χ0v) is 10.3. The molecule has 0 aromatic heterocycles. The van der Waals surface area contributed by atoms with Crippen LogP contribution in [0.1, 0.15) is 10.4 Å². The first kappa shape index (κ1) is 13.0. The molecule has 0 bridgehead atoms. The van der Waals surface area contributed by atoms with Crippen molar-refractivity contribution < 1.29 is 14.5 Å². The van der Waals surface area contributed by atoms with Crippen LogP contribution >= 0.6 is 11.6 Å². The molecule has 0 saturated heterocycles. The Morgan fingerprint density at radius 2 is 1.84 bits per heavy atom. The third-order valence-electron chi connectivity index (χ3n) is 2.33. The number of nitro groups is 1. The van der Waals surface area contributed by atoms with E-state index >= 15 is 0 Å². The summed E-state index contributed by atoms with van der Waals surface area (Å²) in [4.78, 5) is 21.9. The molecule has 0 amide bonds. The molecule has 19 heavy (non-hydrogen) atoms. The Kier molecular flexibility index (Phi) is 3.77. The van der Waals surface area contributed by atoms with Crippen molar-refractivity contribution in [3.8, 4) is 5.75 Å². The van der Waals surface area contributed by atoms with Crippen LogP contribution in [0, 0.1) is 10.1 Å². The van der Waals surface area contributed by atoms with Crippen molar-refractivity contribution in [2.24, 2.45) is 0 Å². The topological polar surface area (TPSA) is 69.4 Å². The van der Waals surface area contributed by atoms with Gasteiger partial charge in [0, 0.05) is 12.1 Å². The highest BCUT2D eigenvalue weighted by Gasteiger charge is 2.17. The lowest BCUT2D eigenvalue weighted by Gasteiger charge is -2.05. The zero-order valence-electron chi connectivity index (χ0n) is 9.58. The van der Waals surface area contributed by atoms with Gasteiger partial charge in [-0.3, -0.25) is 10.1 Å². The number of carbonyl (C=O) groups excluding carboxylic acids is 1. The number of para-hydroxylation sites is 1. The number of nitro benzene ring substituents is 1. The molecule has 0 saturated carbocycles. The third kappa shape index (κ3) is 3.08. The summed E-state index contributed by atoms with van der Waals surface area (Å²) in [5.41, 5.74) is -0.260. The highest BCUT2D eigenvalue weighted by Crippen LogP contribution is 2.23. The molecule has 2 aromatic carbocycles. The summed E-state index contributed by atoms with van der Waals surface area (Å²) in [6.07, 6.45) is 0. The van der Waals surface area contributed by atoms with Crippen LogP contribution in [-0.2, 0) is 0 Å². The predicted octanol–water partition coefficient (Wildman–Crippen LogP) is 3.47. The van der Waals surface area contributed by atoms with Gasteiger partial charge >= 0.3 is 5.97 Å². The van der Waals surface area contributed by atoms with Crippen LogP contribution in [0.4, 0.5) is 5.69 Å². The number of ether oxygens (including phenoxy) is 1. The average molecular weight is 278 g/mol. The zero-order chi connectivity index (χ0) is 13.8. The average Bonchev–Trinajstić information content (AvgIpc) is 2.40. The Balaban J connectivity index is 2.28. The second-order valence-corrected chi connectivity index (χ2v) is 4.03. The van der Waals surface area contributed by atoms with Crippen molar-refractivity contribution in [3.63, 3.8) is 0 Å². The predicted molar refractivity (Wildman–Crippen MR) is 69.5 cm³/mol. The number of hydrogen-bond donors (Lipinski definition) is 0. The van der Waals surface area contributed by atoms with Gasteiger partial charge in [0.2, 0.25) is 0 Å². The van der Waals surface area contributed by atoms with E-state index in [1.54, 1.807) is 30.3 Å². The molecule has 0 heterocycles. The van der Waals surface area contributed by atoms with Crippen molar-refractivity contribution in [2.75, 3.05) is 0 Å². The fourth-order valence-corrected chi connectivity index (χ4v) is 1.63. The van der Waals surface area contributed by atoms with E-state index in [1.165, 1.54) is 12.1 Å². The number of benzene rings is 2. The molecule has 0 spiro atoms. The van der Waals surface area contributed by atoms with Gasteiger partial charge in [-0.15, -0.1) is 0 Å². The number of halogens is 1. The summed E-state index contributed by atoms with van der Waals surface area (Å²) in [6, 6.07) is 12.0. The fraction of sp³-hybridized carbons (Fsp3) is 0. The van der Waals surface area contributed by atoms with Crippen LogP contribution < -0.4 is 4.74 Å². The minimum Gasteiger partial charge on any atom is -0.423 e. The van der Waals surface area contributed by atoms with E-state index < -0.39 is 10.9 Å². The van der Waals surface area contributed by atoms with Gasteiger partial charge in [-0.1, -0.05) is 29.8 Å².